The van der Waals surface area contributed by atoms with E-state index in [1.807, 2.05) is 13.8 Å². The van der Waals surface area contributed by atoms with Gasteiger partial charge in [-0.25, -0.2) is 0 Å². The van der Waals surface area contributed by atoms with Gasteiger partial charge in [0.25, 0.3) is 0 Å². The summed E-state index contributed by atoms with van der Waals surface area (Å²) in [4.78, 5) is 0. The minimum absolute atomic E-state index is 0.0451. The highest BCUT2D eigenvalue weighted by atomic mass is 16.3. The Balaban J connectivity index is -0.0000000965. The van der Waals surface area contributed by atoms with Gasteiger partial charge in [-0.3, -0.25) is 0 Å². The molecule has 5 unspecified atom stereocenters. The van der Waals surface area contributed by atoms with Crippen LogP contribution in [-0.2, 0) is 0 Å². The minimum Gasteiger partial charge on any atom is -0.396 e. The van der Waals surface area contributed by atoms with Gasteiger partial charge in [-0.1, -0.05) is 171 Å². The zero-order chi connectivity index (χ0) is 69.1. The fourth-order valence-electron chi connectivity index (χ4n) is 7.42. The van der Waals surface area contributed by atoms with Crippen LogP contribution in [0.1, 0.15) is 268 Å². The van der Waals surface area contributed by atoms with Crippen LogP contribution >= 0.6 is 0 Å². The minimum atomic E-state index is -0.560. The summed E-state index contributed by atoms with van der Waals surface area (Å²) in [7, 11) is 0. The van der Waals surface area contributed by atoms with E-state index in [2.05, 4.69) is 34.6 Å². The zero-order valence-corrected chi connectivity index (χ0v) is 58.1. The van der Waals surface area contributed by atoms with Gasteiger partial charge in [-0.15, -0.1) is 0 Å². The summed E-state index contributed by atoms with van der Waals surface area (Å²) in [6.07, 6.45) is 31.1. The molecule has 0 saturated heterocycles. The molecule has 0 aliphatic heterocycles. The van der Waals surface area contributed by atoms with Gasteiger partial charge in [0.2, 0.25) is 0 Å². The fraction of sp³-hybridized carbons (Fsp3) is 1.00. The monoisotopic (exact) mass is 1280 g/mol. The van der Waals surface area contributed by atoms with E-state index in [1.54, 1.807) is 13.8 Å². The first-order valence-corrected chi connectivity index (χ1v) is 33.9. The fourth-order valence-corrected chi connectivity index (χ4v) is 7.42. The third kappa shape index (κ3) is 113. The van der Waals surface area contributed by atoms with Crippen molar-refractivity contribution in [2.24, 2.45) is 34.5 Å². The maximum absolute atomic E-state index is 9.37. The van der Waals surface area contributed by atoms with Crippen LogP contribution in [0.4, 0.5) is 0 Å². The van der Waals surface area contributed by atoms with Crippen LogP contribution in [0.5, 0.6) is 0 Å². The molecule has 0 amide bonds. The lowest BCUT2D eigenvalue weighted by Gasteiger charge is -2.31. The molecule has 0 aromatic rings. The molecule has 0 spiro atoms. The maximum Gasteiger partial charge on any atom is 0.0742 e. The van der Waals surface area contributed by atoms with E-state index in [1.165, 1.54) is 71.1 Å². The first kappa shape index (κ1) is 108. The van der Waals surface area contributed by atoms with Crippen molar-refractivity contribution in [2.45, 2.75) is 280 Å². The second-order valence-corrected chi connectivity index (χ2v) is 23.3. The Morgan fingerprint density at radius 1 is 0.299 bits per heavy atom. The van der Waals surface area contributed by atoms with E-state index in [4.69, 9.17) is 97.0 Å². The van der Waals surface area contributed by atoms with Crippen molar-refractivity contribution in [3.8, 4) is 0 Å². The van der Waals surface area contributed by atoms with E-state index in [0.717, 1.165) is 135 Å². The first-order chi connectivity index (χ1) is 41.6. The zero-order valence-electron chi connectivity index (χ0n) is 58.1. The van der Waals surface area contributed by atoms with Crippen LogP contribution in [0.3, 0.4) is 0 Å². The lowest BCUT2D eigenvalue weighted by Crippen LogP contribution is -2.23. The topological polar surface area (TPSA) is 405 Å². The second kappa shape index (κ2) is 98.8. The van der Waals surface area contributed by atoms with Gasteiger partial charge in [-0.05, 0) is 126 Å². The molecular formula is C67H154O20. The largest absolute Gasteiger partial charge is 0.396 e. The molecule has 0 aliphatic rings. The molecular weight excluding hydrogens is 1120 g/mol. The van der Waals surface area contributed by atoms with E-state index in [9.17, 15) is 5.11 Å². The number of unbranched alkanes of at least 4 members (excludes halogenated alkanes) is 14. The second-order valence-electron chi connectivity index (χ2n) is 23.3. The lowest BCUT2D eigenvalue weighted by atomic mass is 9.75. The van der Waals surface area contributed by atoms with Gasteiger partial charge >= 0.3 is 0 Å². The first-order valence-electron chi connectivity index (χ1n) is 33.9. The van der Waals surface area contributed by atoms with Crippen molar-refractivity contribution >= 4 is 0 Å². The highest BCUT2D eigenvalue weighted by Crippen LogP contribution is 2.36. The van der Waals surface area contributed by atoms with Crippen molar-refractivity contribution in [3.05, 3.63) is 0 Å². The van der Waals surface area contributed by atoms with E-state index >= 15 is 0 Å². The van der Waals surface area contributed by atoms with Crippen molar-refractivity contribution in [2.75, 3.05) is 119 Å². The molecule has 0 heterocycles. The van der Waals surface area contributed by atoms with Crippen LogP contribution in [0.2, 0.25) is 0 Å². The molecule has 0 aromatic heterocycles. The summed E-state index contributed by atoms with van der Waals surface area (Å²) < 4.78 is 0. The number of aliphatic hydroxyl groups excluding tert-OH is 20. The third-order valence-corrected chi connectivity index (χ3v) is 14.2. The normalized spacial score (nSPS) is 12.3. The smallest absolute Gasteiger partial charge is 0.0742 e. The maximum atomic E-state index is 9.37. The molecule has 0 rings (SSSR count). The molecule has 0 saturated carbocycles. The van der Waals surface area contributed by atoms with Gasteiger partial charge in [0, 0.05) is 91.3 Å². The van der Waals surface area contributed by atoms with Crippen molar-refractivity contribution in [1.82, 2.24) is 0 Å². The number of aliphatic hydroxyl groups is 20. The van der Waals surface area contributed by atoms with Crippen LogP contribution in [0, 0.1) is 34.5 Å². The molecule has 0 bridgehead atoms. The Morgan fingerprint density at radius 2 is 0.586 bits per heavy atom. The quantitative estimate of drug-likeness (QED) is 0.0268. The number of hydrogen-bond acceptors (Lipinski definition) is 20. The Hall–Kier alpha value is -0.800. The number of hydrogen-bond donors (Lipinski definition) is 20. The highest BCUT2D eigenvalue weighted by molar-refractivity contribution is 4.77. The highest BCUT2D eigenvalue weighted by Gasteiger charge is 2.26. The van der Waals surface area contributed by atoms with Crippen LogP contribution in [-0.4, -0.2) is 233 Å². The molecule has 20 nitrogen and oxygen atoms in total. The predicted octanol–water partition coefficient (Wildman–Crippen LogP) is 7.18. The predicted molar refractivity (Wildman–Crippen MR) is 358 cm³/mol. The summed E-state index contributed by atoms with van der Waals surface area (Å²) in [5.74, 6) is 1.51. The summed E-state index contributed by atoms with van der Waals surface area (Å²) in [5, 5.41) is 169. The molecule has 0 aromatic carbocycles. The molecule has 20 heteroatoms. The summed E-state index contributed by atoms with van der Waals surface area (Å²) in [6, 6.07) is 0. The van der Waals surface area contributed by atoms with Crippen molar-refractivity contribution < 1.29 is 102 Å². The molecule has 0 fully saturated rings. The molecule has 542 valence electrons. The Kier molecular flexibility index (Phi) is 122. The van der Waals surface area contributed by atoms with Crippen LogP contribution < -0.4 is 0 Å². The Labute approximate surface area is 534 Å². The van der Waals surface area contributed by atoms with E-state index < -0.39 is 6.10 Å². The summed E-state index contributed by atoms with van der Waals surface area (Å²) in [5.41, 5.74) is -0.112. The standard InChI is InChI=1S/C12H26O2.C11H24O2.2C9H20O2.2C6H14O2.C5H12O2.C4H10O2.C3H8O2.C2H6O2/c13-11-9-7-5-3-1-2-4-6-8-10-12-14;1-3-5-6-11(4-2,7-9-12)8-10-13;1-3-8(6-10)5-9(4-2)7-11;1-3-5-9(11)6-8(4-2)7-10;1-6(2-4-7)3-5-8;7-5-3-1-2-4-6-8;1-5(2,3-6)4-7;5-3-1-2-4-6;1-3(5)2-4;3-1-2-4/h13-14H,1-12H2;12-13H,3-10H2,1-2H3;2*8-11H,3-7H2,1-2H3;6-8H,2-5H2,1H3;7-8H,1-6H2;6-7H,3-4H2,1-2H3;5-6H,1-4H2;3-5H,2H2,1H3;3-4H,1-2H2. The summed E-state index contributed by atoms with van der Waals surface area (Å²) >= 11 is 0. The lowest BCUT2D eigenvalue weighted by molar-refractivity contribution is 0.0857. The van der Waals surface area contributed by atoms with Crippen LogP contribution in [0.15, 0.2) is 0 Å². The Bertz CT molecular complexity index is 992. The van der Waals surface area contributed by atoms with Gasteiger partial charge in [-0.2, -0.15) is 0 Å². The average molecular weight is 1280 g/mol. The van der Waals surface area contributed by atoms with Crippen LogP contribution in [0.25, 0.3) is 0 Å². The van der Waals surface area contributed by atoms with Gasteiger partial charge in [0.15, 0.2) is 0 Å². The van der Waals surface area contributed by atoms with E-state index in [-0.39, 0.29) is 129 Å². The Morgan fingerprint density at radius 3 is 0.770 bits per heavy atom. The van der Waals surface area contributed by atoms with Crippen molar-refractivity contribution in [1.29, 1.82) is 0 Å². The third-order valence-electron chi connectivity index (χ3n) is 14.2. The molecule has 5 atom stereocenters. The van der Waals surface area contributed by atoms with Gasteiger partial charge in [0.05, 0.1) is 45.2 Å². The van der Waals surface area contributed by atoms with Gasteiger partial charge in [0.1, 0.15) is 0 Å². The van der Waals surface area contributed by atoms with Crippen molar-refractivity contribution in [3.63, 3.8) is 0 Å². The van der Waals surface area contributed by atoms with E-state index in [0.29, 0.717) is 31.0 Å². The van der Waals surface area contributed by atoms with Gasteiger partial charge < -0.3 is 102 Å². The number of rotatable bonds is 47. The average Bonchev–Trinajstić information content (AvgIpc) is 3.70. The molecule has 87 heavy (non-hydrogen) atoms. The SMILES string of the molecule is CC(C)(CO)CO.CC(CCO)CCO.CC(O)CO.CCC(CO)CC(CC)CO.CCCC(O)CC(CC)CO.CCCCC(CC)(CCO)CCO.OCCCCCCCCCCCCO.OCCCCCCO.OCCCCO.OCCO. The molecule has 0 radical (unpaired) electrons. The molecule has 20 N–H and O–H groups in total. The summed E-state index contributed by atoms with van der Waals surface area (Å²) in [6.45, 7) is 22.8. The molecule has 0 aliphatic carbocycles.